The van der Waals surface area contributed by atoms with Gasteiger partial charge in [-0.2, -0.15) is 0 Å². The Hall–Kier alpha value is -0.460. The first-order valence-corrected chi connectivity index (χ1v) is 9.32. The van der Waals surface area contributed by atoms with Gasteiger partial charge in [0.15, 0.2) is 9.84 Å². The Morgan fingerprint density at radius 1 is 1.32 bits per heavy atom. The second-order valence-electron chi connectivity index (χ2n) is 4.78. The fourth-order valence-electron chi connectivity index (χ4n) is 2.15. The van der Waals surface area contributed by atoms with Gasteiger partial charge in [-0.1, -0.05) is 52.5 Å². The van der Waals surface area contributed by atoms with Crippen molar-refractivity contribution in [1.29, 1.82) is 0 Å². The number of benzene rings is 1. The predicted molar refractivity (Wildman–Crippen MR) is 90.7 cm³/mol. The average Bonchev–Trinajstić information content (AvgIpc) is 2.74. The number of amides is 1. The minimum absolute atomic E-state index is 0.272. The Balaban J connectivity index is 2.54. The SMILES string of the molecule is Cc1c(Cl)cccc1N(C(=O)C(Cl)(Cl)Cl)[C@@H]1C=CS(=O)(=O)C1. The van der Waals surface area contributed by atoms with E-state index in [9.17, 15) is 13.2 Å². The molecule has 0 spiro atoms. The summed E-state index contributed by atoms with van der Waals surface area (Å²) in [5.41, 5.74) is 0.986. The van der Waals surface area contributed by atoms with Gasteiger partial charge in [-0.05, 0) is 30.7 Å². The smallest absolute Gasteiger partial charge is 0.279 e. The molecule has 0 saturated heterocycles. The first-order chi connectivity index (χ1) is 10.0. The van der Waals surface area contributed by atoms with E-state index in [1.54, 1.807) is 25.1 Å². The van der Waals surface area contributed by atoms with Crippen molar-refractivity contribution in [2.24, 2.45) is 0 Å². The van der Waals surface area contributed by atoms with Crippen LogP contribution in [0.15, 0.2) is 29.7 Å². The quantitative estimate of drug-likeness (QED) is 0.709. The van der Waals surface area contributed by atoms with E-state index >= 15 is 0 Å². The third-order valence-electron chi connectivity index (χ3n) is 3.20. The zero-order chi connectivity index (χ0) is 16.7. The molecule has 2 rings (SSSR count). The van der Waals surface area contributed by atoms with Gasteiger partial charge in [0.25, 0.3) is 9.70 Å². The molecule has 1 heterocycles. The van der Waals surface area contributed by atoms with E-state index in [4.69, 9.17) is 46.4 Å². The predicted octanol–water partition coefficient (Wildman–Crippen LogP) is 3.66. The van der Waals surface area contributed by atoms with E-state index in [1.807, 2.05) is 0 Å². The number of sulfone groups is 1. The van der Waals surface area contributed by atoms with Gasteiger partial charge in [-0.25, -0.2) is 8.42 Å². The number of halogens is 4. The molecular formula is C13H11Cl4NO3S. The number of hydrogen-bond acceptors (Lipinski definition) is 3. The average molecular weight is 403 g/mol. The van der Waals surface area contributed by atoms with Gasteiger partial charge in [-0.3, -0.25) is 4.79 Å². The van der Waals surface area contributed by atoms with Crippen LogP contribution in [0.2, 0.25) is 5.02 Å². The first-order valence-electron chi connectivity index (χ1n) is 6.09. The number of alkyl halides is 3. The summed E-state index contributed by atoms with van der Waals surface area (Å²) in [4.78, 5) is 13.6. The van der Waals surface area contributed by atoms with Gasteiger partial charge in [0.1, 0.15) is 0 Å². The van der Waals surface area contributed by atoms with E-state index in [0.29, 0.717) is 16.3 Å². The lowest BCUT2D eigenvalue weighted by Crippen LogP contribution is -2.47. The van der Waals surface area contributed by atoms with E-state index in [1.165, 1.54) is 6.08 Å². The van der Waals surface area contributed by atoms with Crippen molar-refractivity contribution in [2.75, 3.05) is 10.7 Å². The van der Waals surface area contributed by atoms with Gasteiger partial charge in [-0.15, -0.1) is 0 Å². The third-order valence-corrected chi connectivity index (χ3v) is 5.48. The molecule has 22 heavy (non-hydrogen) atoms. The number of rotatable bonds is 2. The maximum absolute atomic E-state index is 12.5. The Bertz CT molecular complexity index is 740. The highest BCUT2D eigenvalue weighted by molar-refractivity contribution is 7.94. The lowest BCUT2D eigenvalue weighted by atomic mass is 10.1. The Labute approximate surface area is 148 Å². The Morgan fingerprint density at radius 3 is 2.45 bits per heavy atom. The zero-order valence-electron chi connectivity index (χ0n) is 11.3. The molecule has 0 bridgehead atoms. The molecule has 4 nitrogen and oxygen atoms in total. The Morgan fingerprint density at radius 2 is 1.95 bits per heavy atom. The van der Waals surface area contributed by atoms with Gasteiger partial charge in [0.2, 0.25) is 0 Å². The Kier molecular flexibility index (Phi) is 5.05. The maximum Gasteiger partial charge on any atom is 0.279 e. The topological polar surface area (TPSA) is 54.5 Å². The fourth-order valence-corrected chi connectivity index (χ4v) is 3.86. The summed E-state index contributed by atoms with van der Waals surface area (Å²) in [5.74, 6) is -1.11. The highest BCUT2D eigenvalue weighted by Crippen LogP contribution is 2.36. The fraction of sp³-hybridized carbons (Fsp3) is 0.308. The summed E-state index contributed by atoms with van der Waals surface area (Å²) < 4.78 is 21.1. The summed E-state index contributed by atoms with van der Waals surface area (Å²) in [7, 11) is -3.39. The van der Waals surface area contributed by atoms with Gasteiger partial charge >= 0.3 is 0 Å². The molecule has 0 aromatic heterocycles. The standard InChI is InChI=1S/C13H11Cl4NO3S/c1-8-10(14)3-2-4-11(8)18(12(19)13(15,16)17)9-5-6-22(20,21)7-9/h2-6,9H,7H2,1H3/t9-/m1/s1. The number of anilines is 1. The lowest BCUT2D eigenvalue weighted by molar-refractivity contribution is -0.118. The van der Waals surface area contributed by atoms with E-state index in [-0.39, 0.29) is 5.75 Å². The van der Waals surface area contributed by atoms with Crippen molar-refractivity contribution < 1.29 is 13.2 Å². The molecule has 0 N–H and O–H groups in total. The number of nitrogens with zero attached hydrogens (tertiary/aromatic N) is 1. The van der Waals surface area contributed by atoms with Crippen molar-refractivity contribution in [3.8, 4) is 0 Å². The van der Waals surface area contributed by atoms with Crippen molar-refractivity contribution in [2.45, 2.75) is 16.8 Å². The molecule has 1 aromatic carbocycles. The third kappa shape index (κ3) is 3.71. The number of carbonyl (C=O) groups excluding carboxylic acids is 1. The monoisotopic (exact) mass is 401 g/mol. The van der Waals surface area contributed by atoms with Crippen LogP contribution in [0.5, 0.6) is 0 Å². The zero-order valence-corrected chi connectivity index (χ0v) is 15.1. The van der Waals surface area contributed by atoms with Crippen LogP contribution in [0.4, 0.5) is 5.69 Å². The number of hydrogen-bond donors (Lipinski definition) is 0. The van der Waals surface area contributed by atoms with Crippen LogP contribution in [0.25, 0.3) is 0 Å². The summed E-state index contributed by atoms with van der Waals surface area (Å²) in [6.45, 7) is 1.70. The highest BCUT2D eigenvalue weighted by Gasteiger charge is 2.41. The highest BCUT2D eigenvalue weighted by atomic mass is 35.6. The largest absolute Gasteiger partial charge is 0.300 e. The lowest BCUT2D eigenvalue weighted by Gasteiger charge is -2.31. The summed E-state index contributed by atoms with van der Waals surface area (Å²) in [6.07, 6.45) is 1.39. The van der Waals surface area contributed by atoms with Crippen LogP contribution in [0, 0.1) is 6.92 Å². The van der Waals surface area contributed by atoms with Crippen LogP contribution < -0.4 is 4.90 Å². The van der Waals surface area contributed by atoms with E-state index in [2.05, 4.69) is 0 Å². The van der Waals surface area contributed by atoms with Crippen molar-refractivity contribution in [1.82, 2.24) is 0 Å². The molecule has 1 aromatic rings. The van der Waals surface area contributed by atoms with Gasteiger partial charge < -0.3 is 4.90 Å². The molecule has 1 amide bonds. The van der Waals surface area contributed by atoms with Crippen LogP contribution in [0.3, 0.4) is 0 Å². The van der Waals surface area contributed by atoms with Crippen molar-refractivity contribution >= 4 is 67.8 Å². The molecule has 1 atom stereocenters. The first kappa shape index (κ1) is 17.9. The van der Waals surface area contributed by atoms with Crippen LogP contribution in [0.1, 0.15) is 5.56 Å². The number of carbonyl (C=O) groups is 1. The molecule has 0 fully saturated rings. The molecule has 1 aliphatic rings. The molecule has 0 unspecified atom stereocenters. The van der Waals surface area contributed by atoms with E-state index < -0.39 is 25.6 Å². The van der Waals surface area contributed by atoms with Gasteiger partial charge in [0.05, 0.1) is 11.8 Å². The van der Waals surface area contributed by atoms with E-state index in [0.717, 1.165) is 10.3 Å². The van der Waals surface area contributed by atoms with Crippen LogP contribution in [-0.4, -0.2) is 29.9 Å². The minimum atomic E-state index is -3.39. The maximum atomic E-state index is 12.5. The molecule has 120 valence electrons. The van der Waals surface area contributed by atoms with Crippen LogP contribution in [-0.2, 0) is 14.6 Å². The van der Waals surface area contributed by atoms with Crippen LogP contribution >= 0.6 is 46.4 Å². The summed E-state index contributed by atoms with van der Waals surface area (Å²) >= 11 is 23.2. The minimum Gasteiger partial charge on any atom is -0.300 e. The molecule has 1 aliphatic heterocycles. The van der Waals surface area contributed by atoms with Crippen molar-refractivity contribution in [3.63, 3.8) is 0 Å². The van der Waals surface area contributed by atoms with Crippen molar-refractivity contribution in [3.05, 3.63) is 40.3 Å². The summed E-state index contributed by atoms with van der Waals surface area (Å²) in [5, 5.41) is 1.47. The molecule has 0 radical (unpaired) electrons. The molecule has 0 aliphatic carbocycles. The second kappa shape index (κ2) is 6.21. The molecular weight excluding hydrogens is 392 g/mol. The second-order valence-corrected chi connectivity index (χ2v) is 9.40. The molecule has 0 saturated carbocycles. The molecule has 9 heteroatoms. The summed E-state index contributed by atoms with van der Waals surface area (Å²) in [6, 6.07) is 4.15. The normalized spacial score (nSPS) is 20.1. The van der Waals surface area contributed by atoms with Gasteiger partial charge in [0, 0.05) is 16.1 Å².